The van der Waals surface area contributed by atoms with E-state index in [0.29, 0.717) is 5.92 Å². The Morgan fingerprint density at radius 1 is 1.12 bits per heavy atom. The molecule has 1 aromatic heterocycles. The largest absolute Gasteiger partial charge is 0.388 e. The zero-order valence-electron chi connectivity index (χ0n) is 15.0. The number of benzene rings is 1. The summed E-state index contributed by atoms with van der Waals surface area (Å²) < 4.78 is 13.0. The van der Waals surface area contributed by atoms with Crippen LogP contribution in [0.25, 0.3) is 0 Å². The molecule has 134 valence electrons. The third-order valence-electron chi connectivity index (χ3n) is 5.10. The van der Waals surface area contributed by atoms with E-state index in [9.17, 15) is 9.50 Å². The molecule has 1 fully saturated rings. The Kier molecular flexibility index (Phi) is 5.82. The lowest BCUT2D eigenvalue weighted by Crippen LogP contribution is -2.35. The molecular formula is C21H27FN2O. The second-order valence-electron chi connectivity index (χ2n) is 7.32. The van der Waals surface area contributed by atoms with Gasteiger partial charge in [-0.3, -0.25) is 9.88 Å². The molecule has 1 aromatic carbocycles. The number of pyridine rings is 1. The Morgan fingerprint density at radius 2 is 1.80 bits per heavy atom. The van der Waals surface area contributed by atoms with Crippen LogP contribution in [0.4, 0.5) is 4.39 Å². The Labute approximate surface area is 149 Å². The Balaban J connectivity index is 1.55. The number of rotatable bonds is 5. The first kappa shape index (κ1) is 18.0. The van der Waals surface area contributed by atoms with Crippen molar-refractivity contribution in [3.63, 3.8) is 0 Å². The molecule has 1 saturated heterocycles. The third-order valence-corrected chi connectivity index (χ3v) is 5.10. The molecule has 0 aliphatic carbocycles. The van der Waals surface area contributed by atoms with Crippen molar-refractivity contribution in [1.29, 1.82) is 0 Å². The van der Waals surface area contributed by atoms with Crippen molar-refractivity contribution >= 4 is 0 Å². The summed E-state index contributed by atoms with van der Waals surface area (Å²) in [5, 5.41) is 10.6. The fourth-order valence-corrected chi connectivity index (χ4v) is 3.50. The molecular weight excluding hydrogens is 315 g/mol. The lowest BCUT2D eigenvalue weighted by molar-refractivity contribution is 0.0564. The number of aliphatic hydroxyl groups excluding tert-OH is 1. The van der Waals surface area contributed by atoms with Crippen LogP contribution in [0.2, 0.25) is 0 Å². The van der Waals surface area contributed by atoms with Gasteiger partial charge in [-0.2, -0.15) is 0 Å². The van der Waals surface area contributed by atoms with Crippen molar-refractivity contribution in [2.45, 2.75) is 45.3 Å². The molecule has 2 heterocycles. The Morgan fingerprint density at radius 3 is 2.44 bits per heavy atom. The maximum absolute atomic E-state index is 13.0. The van der Waals surface area contributed by atoms with Crippen LogP contribution in [0.5, 0.6) is 0 Å². The predicted octanol–water partition coefficient (Wildman–Crippen LogP) is 4.29. The normalized spacial score (nSPS) is 17.8. The van der Waals surface area contributed by atoms with Gasteiger partial charge in [0.25, 0.3) is 0 Å². The molecule has 1 aliphatic heterocycles. The monoisotopic (exact) mass is 342 g/mol. The number of likely N-dealkylation sites (tertiary alicyclic amines) is 1. The first-order valence-electron chi connectivity index (χ1n) is 9.14. The van der Waals surface area contributed by atoms with Gasteiger partial charge in [-0.25, -0.2) is 4.39 Å². The lowest BCUT2D eigenvalue weighted by atomic mass is 9.87. The number of piperidine rings is 1. The van der Waals surface area contributed by atoms with Crippen LogP contribution in [0, 0.1) is 11.7 Å². The van der Waals surface area contributed by atoms with E-state index in [1.165, 1.54) is 12.1 Å². The number of hydrogen-bond acceptors (Lipinski definition) is 3. The molecule has 0 spiro atoms. The van der Waals surface area contributed by atoms with Gasteiger partial charge in [0.05, 0.1) is 11.8 Å². The summed E-state index contributed by atoms with van der Waals surface area (Å²) in [7, 11) is 0. The quantitative estimate of drug-likeness (QED) is 0.880. The van der Waals surface area contributed by atoms with Gasteiger partial charge >= 0.3 is 0 Å². The SMILES string of the molecule is CC(C)c1cccc(CN2CCC(C(O)c3ccc(F)cc3)CC2)n1. The highest BCUT2D eigenvalue weighted by molar-refractivity contribution is 5.19. The van der Waals surface area contributed by atoms with Crippen LogP contribution in [0.1, 0.15) is 55.7 Å². The maximum atomic E-state index is 13.0. The second-order valence-corrected chi connectivity index (χ2v) is 7.32. The molecule has 1 N–H and O–H groups in total. The van der Waals surface area contributed by atoms with Crippen molar-refractivity contribution in [3.05, 3.63) is 65.2 Å². The number of aromatic nitrogens is 1. The van der Waals surface area contributed by atoms with Gasteiger partial charge in [0, 0.05) is 12.2 Å². The van der Waals surface area contributed by atoms with Gasteiger partial charge in [-0.05, 0) is 67.6 Å². The fourth-order valence-electron chi connectivity index (χ4n) is 3.50. The van der Waals surface area contributed by atoms with Crippen LogP contribution in [0.3, 0.4) is 0 Å². The highest BCUT2D eigenvalue weighted by atomic mass is 19.1. The summed E-state index contributed by atoms with van der Waals surface area (Å²) in [5.74, 6) is 0.412. The van der Waals surface area contributed by atoms with E-state index in [2.05, 4.69) is 36.9 Å². The van der Waals surface area contributed by atoms with E-state index >= 15 is 0 Å². The standard InChI is InChI=1S/C21H27FN2O/c1-15(2)20-5-3-4-19(23-20)14-24-12-10-17(11-13-24)21(25)16-6-8-18(22)9-7-16/h3-9,15,17,21,25H,10-14H2,1-2H3. The van der Waals surface area contributed by atoms with Crippen molar-refractivity contribution in [3.8, 4) is 0 Å². The smallest absolute Gasteiger partial charge is 0.123 e. The summed E-state index contributed by atoms with van der Waals surface area (Å²) in [6.45, 7) is 7.09. The number of aliphatic hydroxyl groups is 1. The van der Waals surface area contributed by atoms with Gasteiger partial charge in [-0.1, -0.05) is 32.0 Å². The van der Waals surface area contributed by atoms with Crippen molar-refractivity contribution in [1.82, 2.24) is 9.88 Å². The molecule has 0 amide bonds. The van der Waals surface area contributed by atoms with Crippen molar-refractivity contribution in [2.75, 3.05) is 13.1 Å². The molecule has 3 rings (SSSR count). The summed E-state index contributed by atoms with van der Waals surface area (Å²) in [6.07, 6.45) is 1.38. The lowest BCUT2D eigenvalue weighted by Gasteiger charge is -2.34. The van der Waals surface area contributed by atoms with E-state index in [1.807, 2.05) is 0 Å². The molecule has 25 heavy (non-hydrogen) atoms. The second kappa shape index (κ2) is 8.07. The average Bonchev–Trinajstić information content (AvgIpc) is 2.63. The minimum absolute atomic E-state index is 0.233. The molecule has 1 aliphatic rings. The van der Waals surface area contributed by atoms with Crippen LogP contribution in [-0.4, -0.2) is 28.1 Å². The Bertz CT molecular complexity index is 679. The van der Waals surface area contributed by atoms with E-state index in [4.69, 9.17) is 4.98 Å². The number of hydrogen-bond donors (Lipinski definition) is 1. The molecule has 0 saturated carbocycles. The topological polar surface area (TPSA) is 36.4 Å². The molecule has 3 nitrogen and oxygen atoms in total. The van der Waals surface area contributed by atoms with Gasteiger partial charge in [0.1, 0.15) is 5.82 Å². The third kappa shape index (κ3) is 4.65. The first-order valence-corrected chi connectivity index (χ1v) is 9.14. The van der Waals surface area contributed by atoms with Crippen molar-refractivity contribution < 1.29 is 9.50 Å². The zero-order chi connectivity index (χ0) is 17.8. The molecule has 1 unspecified atom stereocenters. The summed E-state index contributed by atoms with van der Waals surface area (Å²) >= 11 is 0. The van der Waals surface area contributed by atoms with Crippen molar-refractivity contribution in [2.24, 2.45) is 5.92 Å². The zero-order valence-corrected chi connectivity index (χ0v) is 15.0. The molecule has 0 bridgehead atoms. The minimum Gasteiger partial charge on any atom is -0.388 e. The summed E-state index contributed by atoms with van der Waals surface area (Å²) in [6, 6.07) is 12.5. The molecule has 4 heteroatoms. The van der Waals surface area contributed by atoms with Crippen LogP contribution < -0.4 is 0 Å². The highest BCUT2D eigenvalue weighted by Crippen LogP contribution is 2.31. The van der Waals surface area contributed by atoms with Gasteiger partial charge < -0.3 is 5.11 Å². The van der Waals surface area contributed by atoms with Gasteiger partial charge in [0.2, 0.25) is 0 Å². The summed E-state index contributed by atoms with van der Waals surface area (Å²) in [5.41, 5.74) is 3.06. The predicted molar refractivity (Wildman–Crippen MR) is 97.7 cm³/mol. The first-order chi connectivity index (χ1) is 12.0. The summed E-state index contributed by atoms with van der Waals surface area (Å²) in [4.78, 5) is 7.15. The highest BCUT2D eigenvalue weighted by Gasteiger charge is 2.26. The van der Waals surface area contributed by atoms with E-state index in [1.54, 1.807) is 12.1 Å². The molecule has 2 aromatic rings. The van der Waals surface area contributed by atoms with Crippen LogP contribution in [-0.2, 0) is 6.54 Å². The van der Waals surface area contributed by atoms with Crippen LogP contribution >= 0.6 is 0 Å². The Hall–Kier alpha value is -1.78. The molecule has 1 atom stereocenters. The maximum Gasteiger partial charge on any atom is 0.123 e. The van der Waals surface area contributed by atoms with E-state index < -0.39 is 6.10 Å². The van der Waals surface area contributed by atoms with E-state index in [-0.39, 0.29) is 11.7 Å². The number of halogens is 1. The molecule has 0 radical (unpaired) electrons. The van der Waals surface area contributed by atoms with Gasteiger partial charge in [-0.15, -0.1) is 0 Å². The minimum atomic E-state index is -0.509. The van der Waals surface area contributed by atoms with E-state index in [0.717, 1.165) is 49.4 Å². The fraction of sp³-hybridized carbons (Fsp3) is 0.476. The number of nitrogens with zero attached hydrogens (tertiary/aromatic N) is 2. The average molecular weight is 342 g/mol. The van der Waals surface area contributed by atoms with Gasteiger partial charge in [0.15, 0.2) is 0 Å². The van der Waals surface area contributed by atoms with Crippen LogP contribution in [0.15, 0.2) is 42.5 Å².